The first-order valence-electron chi connectivity index (χ1n) is 10.6. The molecule has 0 spiro atoms. The molecule has 1 aliphatic rings. The molecule has 1 fully saturated rings. The Labute approximate surface area is 167 Å². The van der Waals surface area contributed by atoms with Gasteiger partial charge in [-0.3, -0.25) is 4.79 Å². The highest BCUT2D eigenvalue weighted by atomic mass is 32.2. The van der Waals surface area contributed by atoms with Crippen molar-refractivity contribution in [3.63, 3.8) is 0 Å². The molecule has 2 atom stereocenters. The van der Waals surface area contributed by atoms with Crippen molar-refractivity contribution < 1.29 is 14.3 Å². The van der Waals surface area contributed by atoms with Crippen molar-refractivity contribution in [2.24, 2.45) is 0 Å². The summed E-state index contributed by atoms with van der Waals surface area (Å²) in [5, 5.41) is 0.410. The highest BCUT2D eigenvalue weighted by Crippen LogP contribution is 2.21. The third-order valence-electron chi connectivity index (χ3n) is 5.34. The topological polar surface area (TPSA) is 38.8 Å². The van der Waals surface area contributed by atoms with Crippen molar-refractivity contribution >= 4 is 25.8 Å². The van der Waals surface area contributed by atoms with Crippen LogP contribution in [0.5, 0.6) is 0 Å². The highest BCUT2D eigenvalue weighted by Gasteiger charge is 2.22. The fourth-order valence-electron chi connectivity index (χ4n) is 3.62. The number of nitrogens with zero attached hydrogens (tertiary/aromatic N) is 1. The first kappa shape index (κ1) is 24.2. The van der Waals surface area contributed by atoms with E-state index in [1.54, 1.807) is 18.9 Å². The largest absolute Gasteiger partial charge is 0.359 e. The maximum atomic E-state index is 12.0. The third-order valence-corrected chi connectivity index (χ3v) is 10.0. The molecule has 154 valence electrons. The fourth-order valence-corrected chi connectivity index (χ4v) is 7.81. The quantitative estimate of drug-likeness (QED) is 0.250. The molecule has 0 aromatic rings. The molecule has 0 saturated carbocycles. The van der Waals surface area contributed by atoms with E-state index >= 15 is 0 Å². The number of rotatable bonds is 13. The van der Waals surface area contributed by atoms with Gasteiger partial charge in [0, 0.05) is 19.3 Å². The lowest BCUT2D eigenvalue weighted by Gasteiger charge is -2.31. The normalized spacial score (nSPS) is 22.1. The molecule has 0 amide bonds. The number of hydrogen-bond donors (Lipinski definition) is 0. The lowest BCUT2D eigenvalue weighted by Crippen LogP contribution is -2.40. The summed E-state index contributed by atoms with van der Waals surface area (Å²) in [6.07, 6.45) is 12.1. The Morgan fingerprint density at radius 1 is 1.19 bits per heavy atom. The van der Waals surface area contributed by atoms with Crippen LogP contribution in [0.4, 0.5) is 0 Å². The maximum Gasteiger partial charge on any atom is 0.188 e. The standard InChI is InChI=1S/C20H41NO3SSi/c1-4-5-6-7-8-12-20(22)25-15-10-17-26-16-9-11-19(24-18-23-3)13-14-21(26)2/h19,26H,4-18H2,1-3H3. The van der Waals surface area contributed by atoms with Gasteiger partial charge in [0.1, 0.15) is 15.8 Å². The molecule has 0 aliphatic carbocycles. The summed E-state index contributed by atoms with van der Waals surface area (Å²) in [5.41, 5.74) is 0. The van der Waals surface area contributed by atoms with Gasteiger partial charge < -0.3 is 14.0 Å². The van der Waals surface area contributed by atoms with Gasteiger partial charge in [0.05, 0.1) is 6.10 Å². The second-order valence-corrected chi connectivity index (χ2v) is 12.1. The van der Waals surface area contributed by atoms with Gasteiger partial charge in [0.15, 0.2) is 5.12 Å². The van der Waals surface area contributed by atoms with Crippen molar-refractivity contribution in [3.8, 4) is 0 Å². The van der Waals surface area contributed by atoms with Crippen LogP contribution in [0.2, 0.25) is 12.1 Å². The van der Waals surface area contributed by atoms with Gasteiger partial charge in [0.25, 0.3) is 0 Å². The summed E-state index contributed by atoms with van der Waals surface area (Å²) < 4.78 is 13.4. The van der Waals surface area contributed by atoms with Crippen LogP contribution in [-0.2, 0) is 14.3 Å². The van der Waals surface area contributed by atoms with E-state index in [-0.39, 0.29) is 0 Å². The second-order valence-electron chi connectivity index (χ2n) is 7.58. The monoisotopic (exact) mass is 403 g/mol. The van der Waals surface area contributed by atoms with Crippen LogP contribution in [-0.4, -0.2) is 58.0 Å². The minimum absolute atomic E-state index is 0.359. The molecule has 1 rings (SSSR count). The van der Waals surface area contributed by atoms with E-state index in [4.69, 9.17) is 9.47 Å². The van der Waals surface area contributed by atoms with Gasteiger partial charge in [-0.25, -0.2) is 0 Å². The van der Waals surface area contributed by atoms with E-state index in [1.165, 1.54) is 57.0 Å². The van der Waals surface area contributed by atoms with Crippen LogP contribution in [0.1, 0.15) is 71.1 Å². The van der Waals surface area contributed by atoms with E-state index in [2.05, 4.69) is 18.5 Å². The molecule has 0 N–H and O–H groups in total. The molecular formula is C20H41NO3SSi. The van der Waals surface area contributed by atoms with Gasteiger partial charge in [-0.2, -0.15) is 0 Å². The number of thioether (sulfide) groups is 1. The van der Waals surface area contributed by atoms with Crippen LogP contribution in [0.3, 0.4) is 0 Å². The predicted octanol–water partition coefficient (Wildman–Crippen LogP) is 4.83. The number of ether oxygens (including phenoxy) is 2. The van der Waals surface area contributed by atoms with Crippen LogP contribution in [0.15, 0.2) is 0 Å². The Morgan fingerprint density at radius 2 is 2.00 bits per heavy atom. The molecule has 1 aliphatic heterocycles. The zero-order valence-corrected chi connectivity index (χ0v) is 19.3. The number of unbranched alkanes of at least 4 members (excludes halogenated alkanes) is 4. The van der Waals surface area contributed by atoms with Crippen molar-refractivity contribution in [2.75, 3.05) is 33.2 Å². The maximum absolute atomic E-state index is 12.0. The second kappa shape index (κ2) is 16.1. The summed E-state index contributed by atoms with van der Waals surface area (Å²) in [6, 6.07) is 2.72. The van der Waals surface area contributed by atoms with Gasteiger partial charge in [0.2, 0.25) is 0 Å². The zero-order valence-electron chi connectivity index (χ0n) is 17.3. The van der Waals surface area contributed by atoms with Crippen molar-refractivity contribution in [3.05, 3.63) is 0 Å². The van der Waals surface area contributed by atoms with Gasteiger partial charge >= 0.3 is 0 Å². The highest BCUT2D eigenvalue weighted by molar-refractivity contribution is 8.13. The Bertz CT molecular complexity index is 360. The van der Waals surface area contributed by atoms with E-state index in [9.17, 15) is 4.79 Å². The third kappa shape index (κ3) is 11.8. The Hall–Kier alpha value is 0.117. The molecule has 1 heterocycles. The zero-order chi connectivity index (χ0) is 19.0. The molecule has 4 nitrogen and oxygen atoms in total. The first-order chi connectivity index (χ1) is 12.7. The SMILES string of the molecule is CCCCCCCC(=O)SCCC[SiH]1CCCC(OCOC)CCN1C. The molecular weight excluding hydrogens is 362 g/mol. The molecule has 0 bridgehead atoms. The Balaban J connectivity index is 2.10. The summed E-state index contributed by atoms with van der Waals surface area (Å²) in [7, 11) is 3.16. The van der Waals surface area contributed by atoms with E-state index in [0.29, 0.717) is 18.0 Å². The van der Waals surface area contributed by atoms with Gasteiger partial charge in [-0.15, -0.1) is 0 Å². The van der Waals surface area contributed by atoms with Crippen LogP contribution in [0.25, 0.3) is 0 Å². The molecule has 2 unspecified atom stereocenters. The molecule has 26 heavy (non-hydrogen) atoms. The Morgan fingerprint density at radius 3 is 2.77 bits per heavy atom. The lowest BCUT2D eigenvalue weighted by atomic mass is 10.1. The number of hydrogen-bond acceptors (Lipinski definition) is 5. The molecule has 0 aromatic heterocycles. The van der Waals surface area contributed by atoms with Crippen molar-refractivity contribution in [1.29, 1.82) is 0 Å². The van der Waals surface area contributed by atoms with Crippen LogP contribution < -0.4 is 0 Å². The van der Waals surface area contributed by atoms with E-state index in [0.717, 1.165) is 31.6 Å². The molecule has 0 radical (unpaired) electrons. The minimum atomic E-state index is -0.825. The summed E-state index contributed by atoms with van der Waals surface area (Å²) in [5.74, 6) is 1.02. The van der Waals surface area contributed by atoms with Gasteiger partial charge in [-0.05, 0) is 51.4 Å². The van der Waals surface area contributed by atoms with Gasteiger partial charge in [-0.1, -0.05) is 50.8 Å². The van der Waals surface area contributed by atoms with Crippen LogP contribution >= 0.6 is 11.8 Å². The smallest absolute Gasteiger partial charge is 0.188 e. The van der Waals surface area contributed by atoms with Crippen molar-refractivity contribution in [1.82, 2.24) is 4.57 Å². The average molecular weight is 404 g/mol. The van der Waals surface area contributed by atoms with E-state index in [1.807, 2.05) is 0 Å². The first-order valence-corrected chi connectivity index (χ1v) is 13.8. The fraction of sp³-hybridized carbons (Fsp3) is 0.950. The summed E-state index contributed by atoms with van der Waals surface area (Å²) >= 11 is 1.58. The Kier molecular flexibility index (Phi) is 15.0. The molecule has 6 heteroatoms. The lowest BCUT2D eigenvalue weighted by molar-refractivity contribution is -0.111. The molecule has 1 saturated heterocycles. The van der Waals surface area contributed by atoms with Crippen LogP contribution in [0, 0.1) is 0 Å². The summed E-state index contributed by atoms with van der Waals surface area (Å²) in [6.45, 7) is 3.79. The van der Waals surface area contributed by atoms with E-state index < -0.39 is 8.96 Å². The number of carbonyl (C=O) groups is 1. The summed E-state index contributed by atoms with van der Waals surface area (Å²) in [4.78, 5) is 12.0. The predicted molar refractivity (Wildman–Crippen MR) is 115 cm³/mol. The minimum Gasteiger partial charge on any atom is -0.359 e. The molecule has 0 aromatic carbocycles. The van der Waals surface area contributed by atoms with Crippen molar-refractivity contribution in [2.45, 2.75) is 89.3 Å². The number of methoxy groups -OCH3 is 1. The number of carbonyl (C=O) groups excluding carboxylic acids is 1. The average Bonchev–Trinajstić information content (AvgIpc) is 2.63.